The zero-order valence-electron chi connectivity index (χ0n) is 13.6. The molecule has 1 fully saturated rings. The maximum Gasteiger partial charge on any atom is 0.233 e. The van der Waals surface area contributed by atoms with Crippen molar-refractivity contribution in [2.24, 2.45) is 11.8 Å². The van der Waals surface area contributed by atoms with E-state index in [4.69, 9.17) is 0 Å². The van der Waals surface area contributed by atoms with Gasteiger partial charge in [0.1, 0.15) is 0 Å². The van der Waals surface area contributed by atoms with Crippen molar-refractivity contribution in [3.05, 3.63) is 48.0 Å². The molecule has 5 nitrogen and oxygen atoms in total. The number of carbonyl (C=O) groups is 3. The molecule has 2 atom stereocenters. The van der Waals surface area contributed by atoms with Crippen LogP contribution in [0.25, 0.3) is 0 Å². The van der Waals surface area contributed by atoms with E-state index in [1.165, 1.54) is 4.90 Å². The maximum atomic E-state index is 12.3. The summed E-state index contributed by atoms with van der Waals surface area (Å²) in [6, 6.07) is 9.71. The second-order valence-corrected chi connectivity index (χ2v) is 6.35. The highest BCUT2D eigenvalue weighted by molar-refractivity contribution is 6.05. The van der Waals surface area contributed by atoms with Gasteiger partial charge in [-0.25, -0.2) is 0 Å². The average molecular weight is 326 g/mol. The molecule has 3 amide bonds. The minimum Gasteiger partial charge on any atom is -0.352 e. The van der Waals surface area contributed by atoms with Crippen molar-refractivity contribution in [3.63, 3.8) is 0 Å². The first-order valence-electron chi connectivity index (χ1n) is 8.47. The fraction of sp³-hybridized carbons (Fsp3) is 0.421. The Hall–Kier alpha value is -2.43. The molecule has 1 aromatic rings. The number of likely N-dealkylation sites (tertiary alicyclic amines) is 1. The van der Waals surface area contributed by atoms with Gasteiger partial charge < -0.3 is 5.32 Å². The fourth-order valence-electron chi connectivity index (χ4n) is 3.37. The van der Waals surface area contributed by atoms with E-state index >= 15 is 0 Å². The highest BCUT2D eigenvalue weighted by Gasteiger charge is 2.46. The molecule has 5 heteroatoms. The summed E-state index contributed by atoms with van der Waals surface area (Å²) in [5.41, 5.74) is 1.05. The van der Waals surface area contributed by atoms with Crippen molar-refractivity contribution in [2.75, 3.05) is 6.54 Å². The van der Waals surface area contributed by atoms with E-state index in [9.17, 15) is 14.4 Å². The molecular formula is C19H22N2O3. The number of benzene rings is 1. The Bertz CT molecular complexity index is 628. The number of hydrogen-bond acceptors (Lipinski definition) is 3. The summed E-state index contributed by atoms with van der Waals surface area (Å²) in [4.78, 5) is 37.9. The summed E-state index contributed by atoms with van der Waals surface area (Å²) < 4.78 is 0. The lowest BCUT2D eigenvalue weighted by Crippen LogP contribution is -2.33. The van der Waals surface area contributed by atoms with E-state index in [0.717, 1.165) is 5.56 Å². The van der Waals surface area contributed by atoms with Gasteiger partial charge in [0.2, 0.25) is 17.7 Å². The first kappa shape index (κ1) is 16.4. The minimum absolute atomic E-state index is 0.0583. The van der Waals surface area contributed by atoms with E-state index in [1.54, 1.807) is 0 Å². The molecule has 1 heterocycles. The van der Waals surface area contributed by atoms with E-state index < -0.39 is 0 Å². The number of hydrogen-bond donors (Lipinski definition) is 1. The van der Waals surface area contributed by atoms with Crippen LogP contribution in [0.5, 0.6) is 0 Å². The molecular weight excluding hydrogens is 304 g/mol. The van der Waals surface area contributed by atoms with Crippen LogP contribution in [-0.4, -0.2) is 29.2 Å². The molecule has 0 spiro atoms. The van der Waals surface area contributed by atoms with Crippen molar-refractivity contribution in [1.82, 2.24) is 10.2 Å². The third-order valence-corrected chi connectivity index (χ3v) is 4.72. The first-order valence-corrected chi connectivity index (χ1v) is 8.47. The standard InChI is InChI=1S/C19H22N2O3/c22-17(20-13-14-7-2-1-3-8-14)11-6-12-21-18(23)15-9-4-5-10-16(15)19(21)24/h1-5,7-8,15-16H,6,9-13H2,(H,20,22)/t15-,16-/m0/s1. The molecule has 0 radical (unpaired) electrons. The average Bonchev–Trinajstić information content (AvgIpc) is 2.86. The van der Waals surface area contributed by atoms with Crippen LogP contribution in [0.4, 0.5) is 0 Å². The van der Waals surface area contributed by atoms with Crippen LogP contribution < -0.4 is 5.32 Å². The highest BCUT2D eigenvalue weighted by Crippen LogP contribution is 2.35. The Balaban J connectivity index is 1.42. The number of nitrogens with one attached hydrogen (secondary N) is 1. The van der Waals surface area contributed by atoms with Gasteiger partial charge in [0.15, 0.2) is 0 Å². The van der Waals surface area contributed by atoms with E-state index in [0.29, 0.717) is 38.8 Å². The van der Waals surface area contributed by atoms with Crippen LogP contribution in [0.2, 0.25) is 0 Å². The highest BCUT2D eigenvalue weighted by atomic mass is 16.2. The van der Waals surface area contributed by atoms with Gasteiger partial charge in [0, 0.05) is 19.5 Å². The molecule has 0 saturated carbocycles. The topological polar surface area (TPSA) is 66.5 Å². The Morgan fingerprint density at radius 3 is 2.29 bits per heavy atom. The second-order valence-electron chi connectivity index (χ2n) is 6.35. The van der Waals surface area contributed by atoms with Crippen molar-refractivity contribution in [1.29, 1.82) is 0 Å². The molecule has 1 aliphatic carbocycles. The number of nitrogens with zero attached hydrogens (tertiary/aromatic N) is 1. The SMILES string of the molecule is O=C(CCCN1C(=O)[C@H]2CC=CC[C@@H]2C1=O)NCc1ccccc1. The van der Waals surface area contributed by atoms with Gasteiger partial charge in [-0.15, -0.1) is 0 Å². The number of amides is 3. The minimum atomic E-state index is -0.186. The van der Waals surface area contributed by atoms with Crippen LogP contribution in [-0.2, 0) is 20.9 Å². The van der Waals surface area contributed by atoms with Crippen LogP contribution in [0.3, 0.4) is 0 Å². The lowest BCUT2D eigenvalue weighted by molar-refractivity contribution is -0.140. The number of rotatable bonds is 6. The fourth-order valence-corrected chi connectivity index (χ4v) is 3.37. The second kappa shape index (κ2) is 7.43. The van der Waals surface area contributed by atoms with E-state index in [-0.39, 0.29) is 29.6 Å². The third kappa shape index (κ3) is 3.55. The lowest BCUT2D eigenvalue weighted by atomic mass is 9.85. The molecule has 3 rings (SSSR count). The smallest absolute Gasteiger partial charge is 0.233 e. The predicted octanol–water partition coefficient (Wildman–Crippen LogP) is 2.03. The normalized spacial score (nSPS) is 22.6. The molecule has 0 aromatic heterocycles. The van der Waals surface area contributed by atoms with E-state index in [2.05, 4.69) is 5.32 Å². The Morgan fingerprint density at radius 1 is 1.04 bits per heavy atom. The summed E-state index contributed by atoms with van der Waals surface area (Å²) in [5, 5.41) is 2.86. The molecule has 126 valence electrons. The summed E-state index contributed by atoms with van der Waals surface area (Å²) in [7, 11) is 0. The monoisotopic (exact) mass is 326 g/mol. The summed E-state index contributed by atoms with van der Waals surface area (Å²) >= 11 is 0. The summed E-state index contributed by atoms with van der Waals surface area (Å²) in [6.45, 7) is 0.834. The van der Waals surface area contributed by atoms with Crippen molar-refractivity contribution >= 4 is 17.7 Å². The zero-order chi connectivity index (χ0) is 16.9. The quantitative estimate of drug-likeness (QED) is 0.642. The molecule has 24 heavy (non-hydrogen) atoms. The van der Waals surface area contributed by atoms with Crippen LogP contribution in [0, 0.1) is 11.8 Å². The van der Waals surface area contributed by atoms with Gasteiger partial charge in [-0.2, -0.15) is 0 Å². The predicted molar refractivity (Wildman–Crippen MR) is 89.6 cm³/mol. The molecule has 0 unspecified atom stereocenters. The van der Waals surface area contributed by atoms with Gasteiger partial charge in [-0.3, -0.25) is 19.3 Å². The molecule has 2 aliphatic rings. The molecule has 1 saturated heterocycles. The Labute approximate surface area is 141 Å². The number of imide groups is 1. The van der Waals surface area contributed by atoms with Gasteiger partial charge in [-0.05, 0) is 24.8 Å². The number of carbonyl (C=O) groups excluding carboxylic acids is 3. The molecule has 1 aromatic carbocycles. The third-order valence-electron chi connectivity index (χ3n) is 4.72. The summed E-state index contributed by atoms with van der Waals surface area (Å²) in [5.74, 6) is -0.570. The van der Waals surface area contributed by atoms with Crippen molar-refractivity contribution in [2.45, 2.75) is 32.2 Å². The number of fused-ring (bicyclic) bond motifs is 1. The molecule has 1 N–H and O–H groups in total. The van der Waals surface area contributed by atoms with Crippen LogP contribution in [0.15, 0.2) is 42.5 Å². The number of allylic oxidation sites excluding steroid dienone is 2. The van der Waals surface area contributed by atoms with Crippen molar-refractivity contribution < 1.29 is 14.4 Å². The Morgan fingerprint density at radius 2 is 1.67 bits per heavy atom. The maximum absolute atomic E-state index is 12.3. The molecule has 1 aliphatic heterocycles. The van der Waals surface area contributed by atoms with E-state index in [1.807, 2.05) is 42.5 Å². The first-order chi connectivity index (χ1) is 11.7. The Kier molecular flexibility index (Phi) is 5.08. The lowest BCUT2D eigenvalue weighted by Gasteiger charge is -2.14. The zero-order valence-corrected chi connectivity index (χ0v) is 13.6. The van der Waals surface area contributed by atoms with Gasteiger partial charge in [0.25, 0.3) is 0 Å². The van der Waals surface area contributed by atoms with Gasteiger partial charge in [-0.1, -0.05) is 42.5 Å². The largest absolute Gasteiger partial charge is 0.352 e. The summed E-state index contributed by atoms with van der Waals surface area (Å²) in [6.07, 6.45) is 6.09. The molecule has 0 bridgehead atoms. The van der Waals surface area contributed by atoms with Gasteiger partial charge in [0.05, 0.1) is 11.8 Å². The van der Waals surface area contributed by atoms with Crippen LogP contribution >= 0.6 is 0 Å². The van der Waals surface area contributed by atoms with Gasteiger partial charge >= 0.3 is 0 Å². The van der Waals surface area contributed by atoms with Crippen molar-refractivity contribution in [3.8, 4) is 0 Å². The van der Waals surface area contributed by atoms with Crippen LogP contribution in [0.1, 0.15) is 31.2 Å².